The minimum absolute atomic E-state index is 0.0161. The molecule has 0 saturated carbocycles. The van der Waals surface area contributed by atoms with Crippen LogP contribution >= 0.6 is 11.3 Å². The Morgan fingerprint density at radius 2 is 1.94 bits per heavy atom. The Morgan fingerprint density at radius 3 is 2.61 bits per heavy atom. The Kier molecular flexibility index (Phi) is 8.07. The lowest BCUT2D eigenvalue weighted by atomic mass is 10.0. The normalized spacial score (nSPS) is 14.7. The highest BCUT2D eigenvalue weighted by molar-refractivity contribution is 7.13. The summed E-state index contributed by atoms with van der Waals surface area (Å²) in [7, 11) is 0. The van der Waals surface area contributed by atoms with Crippen LogP contribution in [-0.4, -0.2) is 41.4 Å². The zero-order valence-electron chi connectivity index (χ0n) is 18.9. The van der Waals surface area contributed by atoms with Gasteiger partial charge in [-0.05, 0) is 38.2 Å². The number of thiazole rings is 1. The molecule has 2 amide bonds. The van der Waals surface area contributed by atoms with Gasteiger partial charge in [0.15, 0.2) is 6.61 Å². The number of nitrogens with zero attached hydrogens (tertiary/aromatic N) is 2. The van der Waals surface area contributed by atoms with E-state index in [1.165, 1.54) is 11.3 Å². The van der Waals surface area contributed by atoms with Crippen molar-refractivity contribution in [1.29, 1.82) is 0 Å². The van der Waals surface area contributed by atoms with Crippen molar-refractivity contribution in [2.75, 3.05) is 19.7 Å². The van der Waals surface area contributed by atoms with E-state index in [4.69, 9.17) is 4.74 Å². The summed E-state index contributed by atoms with van der Waals surface area (Å²) in [6.07, 6.45) is 3.70. The molecule has 2 aromatic rings. The molecule has 1 atom stereocenters. The Morgan fingerprint density at radius 1 is 1.23 bits per heavy atom. The molecular formula is C24H33N3O3S. The topological polar surface area (TPSA) is 71.5 Å². The summed E-state index contributed by atoms with van der Waals surface area (Å²) in [4.78, 5) is 32.5. The summed E-state index contributed by atoms with van der Waals surface area (Å²) < 4.78 is 5.90. The molecular weight excluding hydrogens is 410 g/mol. The summed E-state index contributed by atoms with van der Waals surface area (Å²) in [5, 5.41) is 4.14. The largest absolute Gasteiger partial charge is 0.483 e. The number of hydrogen-bond donors (Lipinski definition) is 1. The zero-order valence-corrected chi connectivity index (χ0v) is 19.8. The molecule has 168 valence electrons. The maximum Gasteiger partial charge on any atom is 0.263 e. The van der Waals surface area contributed by atoms with E-state index < -0.39 is 0 Å². The second kappa shape index (κ2) is 10.8. The minimum Gasteiger partial charge on any atom is -0.483 e. The van der Waals surface area contributed by atoms with Crippen LogP contribution < -0.4 is 10.1 Å². The summed E-state index contributed by atoms with van der Waals surface area (Å²) in [6, 6.07) is 7.42. The maximum atomic E-state index is 13.0. The summed E-state index contributed by atoms with van der Waals surface area (Å²) in [5.74, 6) is 1.04. The lowest BCUT2D eigenvalue weighted by Crippen LogP contribution is -2.32. The van der Waals surface area contributed by atoms with Crippen LogP contribution in [0.5, 0.6) is 5.75 Å². The predicted octanol–water partition coefficient (Wildman–Crippen LogP) is 4.53. The predicted molar refractivity (Wildman–Crippen MR) is 124 cm³/mol. The number of para-hydroxylation sites is 1. The molecule has 1 unspecified atom stereocenters. The van der Waals surface area contributed by atoms with Gasteiger partial charge < -0.3 is 15.0 Å². The first-order valence-electron chi connectivity index (χ1n) is 11.2. The third-order valence-electron chi connectivity index (χ3n) is 5.45. The number of rotatable bonds is 9. The first-order chi connectivity index (χ1) is 14.9. The van der Waals surface area contributed by atoms with Crippen molar-refractivity contribution in [2.24, 2.45) is 5.92 Å². The van der Waals surface area contributed by atoms with E-state index in [1.54, 1.807) is 0 Å². The molecule has 1 aromatic heterocycles. The maximum absolute atomic E-state index is 13.0. The van der Waals surface area contributed by atoms with Gasteiger partial charge in [0.2, 0.25) is 0 Å². The average molecular weight is 444 g/mol. The van der Waals surface area contributed by atoms with Crippen molar-refractivity contribution < 1.29 is 14.3 Å². The summed E-state index contributed by atoms with van der Waals surface area (Å²) in [5.41, 5.74) is 1.66. The highest BCUT2D eigenvalue weighted by Gasteiger charge is 2.23. The van der Waals surface area contributed by atoms with Gasteiger partial charge in [-0.3, -0.25) is 9.59 Å². The molecule has 1 saturated heterocycles. The first kappa shape index (κ1) is 23.3. The molecule has 6 nitrogen and oxygen atoms in total. The van der Waals surface area contributed by atoms with Crippen molar-refractivity contribution in [2.45, 2.75) is 59.4 Å². The van der Waals surface area contributed by atoms with E-state index in [2.05, 4.69) is 24.1 Å². The molecule has 1 aliphatic heterocycles. The third kappa shape index (κ3) is 6.06. The van der Waals surface area contributed by atoms with Crippen molar-refractivity contribution >= 4 is 23.2 Å². The fraction of sp³-hybridized carbons (Fsp3) is 0.542. The van der Waals surface area contributed by atoms with Crippen molar-refractivity contribution in [3.63, 3.8) is 0 Å². The minimum atomic E-state index is -0.208. The van der Waals surface area contributed by atoms with Crippen LogP contribution in [0.2, 0.25) is 0 Å². The van der Waals surface area contributed by atoms with Crippen molar-refractivity contribution in [3.05, 3.63) is 45.4 Å². The molecule has 1 N–H and O–H groups in total. The quantitative estimate of drug-likeness (QED) is 0.618. The SMILES string of the molecule is CCC(NC(=O)c1sc(CC(C)C)nc1C)c1ccccc1OCC(=O)N1CCCC1. The van der Waals surface area contributed by atoms with Crippen LogP contribution in [-0.2, 0) is 11.2 Å². The van der Waals surface area contributed by atoms with Crippen LogP contribution in [0.25, 0.3) is 0 Å². The molecule has 1 aromatic carbocycles. The van der Waals surface area contributed by atoms with Crippen LogP contribution in [0, 0.1) is 12.8 Å². The second-order valence-corrected chi connectivity index (χ2v) is 9.55. The van der Waals surface area contributed by atoms with Crippen molar-refractivity contribution in [3.8, 4) is 5.75 Å². The lowest BCUT2D eigenvalue weighted by Gasteiger charge is -2.21. The molecule has 1 fully saturated rings. The summed E-state index contributed by atoms with van der Waals surface area (Å²) in [6.45, 7) is 9.85. The van der Waals surface area contributed by atoms with Gasteiger partial charge in [-0.1, -0.05) is 39.0 Å². The number of aromatic nitrogens is 1. The van der Waals surface area contributed by atoms with Crippen LogP contribution in [0.1, 0.15) is 72.0 Å². The Hall–Kier alpha value is -2.41. The van der Waals surface area contributed by atoms with E-state index in [-0.39, 0.29) is 24.5 Å². The van der Waals surface area contributed by atoms with E-state index in [1.807, 2.05) is 43.0 Å². The standard InChI is InChI=1S/C24H33N3O3S/c1-5-19(26-24(29)23-17(4)25-21(31-23)14-16(2)3)18-10-6-7-11-20(18)30-15-22(28)27-12-8-9-13-27/h6-7,10-11,16,19H,5,8-9,12-15H2,1-4H3,(H,26,29). The van der Waals surface area contributed by atoms with E-state index >= 15 is 0 Å². The molecule has 0 aliphatic carbocycles. The zero-order chi connectivity index (χ0) is 22.4. The molecule has 0 bridgehead atoms. The fourth-order valence-electron chi connectivity index (χ4n) is 3.82. The van der Waals surface area contributed by atoms with Crippen LogP contribution in [0.15, 0.2) is 24.3 Å². The molecule has 3 rings (SSSR count). The number of carbonyl (C=O) groups is 2. The third-order valence-corrected chi connectivity index (χ3v) is 6.63. The first-order valence-corrected chi connectivity index (χ1v) is 12.0. The van der Waals surface area contributed by atoms with Gasteiger partial charge in [0, 0.05) is 25.1 Å². The smallest absolute Gasteiger partial charge is 0.263 e. The van der Waals surface area contributed by atoms with Gasteiger partial charge in [-0.2, -0.15) is 0 Å². The fourth-order valence-corrected chi connectivity index (χ4v) is 5.00. The number of likely N-dealkylation sites (tertiary alicyclic amines) is 1. The second-order valence-electron chi connectivity index (χ2n) is 8.47. The van der Waals surface area contributed by atoms with E-state index in [0.717, 1.165) is 48.6 Å². The van der Waals surface area contributed by atoms with Crippen LogP contribution in [0.3, 0.4) is 0 Å². The van der Waals surface area contributed by atoms with Gasteiger partial charge in [0.25, 0.3) is 11.8 Å². The molecule has 7 heteroatoms. The number of hydrogen-bond acceptors (Lipinski definition) is 5. The molecule has 0 radical (unpaired) electrons. The number of nitrogens with one attached hydrogen (secondary N) is 1. The van der Waals surface area contributed by atoms with Gasteiger partial charge in [0.05, 0.1) is 16.7 Å². The molecule has 2 heterocycles. The van der Waals surface area contributed by atoms with E-state index in [0.29, 0.717) is 23.0 Å². The number of carbonyl (C=O) groups excluding carboxylic acids is 2. The van der Waals surface area contributed by atoms with Gasteiger partial charge in [0.1, 0.15) is 10.6 Å². The lowest BCUT2D eigenvalue weighted by molar-refractivity contribution is -0.132. The highest BCUT2D eigenvalue weighted by atomic mass is 32.1. The Balaban J connectivity index is 1.70. The number of aryl methyl sites for hydroxylation is 1. The summed E-state index contributed by atoms with van der Waals surface area (Å²) >= 11 is 1.47. The van der Waals surface area contributed by atoms with E-state index in [9.17, 15) is 9.59 Å². The molecule has 0 spiro atoms. The number of benzene rings is 1. The monoisotopic (exact) mass is 443 g/mol. The highest BCUT2D eigenvalue weighted by Crippen LogP contribution is 2.29. The van der Waals surface area contributed by atoms with Gasteiger partial charge in [-0.25, -0.2) is 4.98 Å². The Labute approximate surface area is 189 Å². The van der Waals surface area contributed by atoms with Crippen molar-refractivity contribution in [1.82, 2.24) is 15.2 Å². The van der Waals surface area contributed by atoms with Gasteiger partial charge in [-0.15, -0.1) is 11.3 Å². The Bertz CT molecular complexity index is 903. The molecule has 1 aliphatic rings. The number of ether oxygens (including phenoxy) is 1. The number of amides is 2. The van der Waals surface area contributed by atoms with Gasteiger partial charge >= 0.3 is 0 Å². The van der Waals surface area contributed by atoms with Crippen LogP contribution in [0.4, 0.5) is 0 Å². The molecule has 31 heavy (non-hydrogen) atoms. The average Bonchev–Trinajstić information content (AvgIpc) is 3.40.